The molecule has 2 unspecified atom stereocenters. The first-order valence-corrected chi connectivity index (χ1v) is 8.98. The number of aliphatic imine (C=N–C) groups is 1. The summed E-state index contributed by atoms with van der Waals surface area (Å²) in [6.45, 7) is 0. The van der Waals surface area contributed by atoms with Crippen molar-refractivity contribution in [3.63, 3.8) is 0 Å². The van der Waals surface area contributed by atoms with Crippen molar-refractivity contribution in [3.05, 3.63) is 29.8 Å². The predicted octanol–water partition coefficient (Wildman–Crippen LogP) is 2.82. The summed E-state index contributed by atoms with van der Waals surface area (Å²) in [5, 5.41) is 0.158. The molecule has 1 aromatic rings. The number of halogens is 2. The maximum atomic E-state index is 13.8. The third-order valence-corrected chi connectivity index (χ3v) is 5.46. The van der Waals surface area contributed by atoms with E-state index in [-0.39, 0.29) is 11.3 Å². The van der Waals surface area contributed by atoms with Gasteiger partial charge in [0.25, 0.3) is 0 Å². The molecule has 1 amide bonds. The van der Waals surface area contributed by atoms with Gasteiger partial charge in [-0.1, -0.05) is 23.4 Å². The average Bonchev–Trinajstić information content (AvgIpc) is 2.86. The largest absolute Gasteiger partial charge is 0.330 e. The lowest BCUT2D eigenvalue weighted by Gasteiger charge is -2.25. The molecule has 2 heterocycles. The summed E-state index contributed by atoms with van der Waals surface area (Å²) in [4.78, 5) is 21.8. The first-order valence-electron chi connectivity index (χ1n) is 6.27. The number of aromatic nitrogens is 1. The van der Waals surface area contributed by atoms with Crippen LogP contribution in [0.2, 0.25) is 0 Å². The number of amides is 1. The number of pyridine rings is 1. The molecule has 1 aliphatic heterocycles. The summed E-state index contributed by atoms with van der Waals surface area (Å²) in [7, 11) is 1.70. The van der Waals surface area contributed by atoms with Gasteiger partial charge < -0.3 is 4.90 Å². The lowest BCUT2D eigenvalue weighted by atomic mass is 10.3. The van der Waals surface area contributed by atoms with Crippen molar-refractivity contribution in [1.82, 2.24) is 9.88 Å². The van der Waals surface area contributed by atoms with Crippen molar-refractivity contribution in [2.45, 2.75) is 17.3 Å². The Labute approximate surface area is 136 Å². The molecule has 1 aromatic heterocycles. The van der Waals surface area contributed by atoms with Crippen LogP contribution in [0.15, 0.2) is 23.5 Å². The summed E-state index contributed by atoms with van der Waals surface area (Å²) >= 11 is 9.11. The Balaban J connectivity index is 2.08. The molecule has 2 atom stereocenters. The molecule has 0 bridgehead atoms. The fourth-order valence-electron chi connectivity index (χ4n) is 1.82. The second-order valence-corrected chi connectivity index (χ2v) is 6.96. The van der Waals surface area contributed by atoms with Crippen LogP contribution < -0.4 is 0 Å². The zero-order valence-corrected chi connectivity index (χ0v) is 14.0. The van der Waals surface area contributed by atoms with Crippen LogP contribution in [0.4, 0.5) is 4.39 Å². The van der Waals surface area contributed by atoms with E-state index in [4.69, 9.17) is 11.6 Å². The lowest BCUT2D eigenvalue weighted by Crippen LogP contribution is -2.38. The Bertz CT molecular complexity index is 558. The van der Waals surface area contributed by atoms with E-state index in [1.807, 2.05) is 6.26 Å². The van der Waals surface area contributed by atoms with Crippen molar-refractivity contribution in [2.24, 2.45) is 4.99 Å². The van der Waals surface area contributed by atoms with Crippen LogP contribution in [-0.2, 0) is 4.79 Å². The zero-order chi connectivity index (χ0) is 15.4. The number of carbonyl (C=O) groups excluding carboxylic acids is 1. The van der Waals surface area contributed by atoms with Crippen LogP contribution in [0.25, 0.3) is 0 Å². The van der Waals surface area contributed by atoms with E-state index in [0.717, 1.165) is 5.75 Å². The van der Waals surface area contributed by atoms with E-state index in [2.05, 4.69) is 9.98 Å². The summed E-state index contributed by atoms with van der Waals surface area (Å²) < 4.78 is 13.8. The highest BCUT2D eigenvalue weighted by atomic mass is 35.5. The molecule has 8 heteroatoms. The molecule has 4 nitrogen and oxygen atoms in total. The third kappa shape index (κ3) is 3.90. The van der Waals surface area contributed by atoms with Gasteiger partial charge in [0, 0.05) is 31.6 Å². The number of thioether (sulfide) groups is 2. The molecule has 0 saturated heterocycles. The Kier molecular flexibility index (Phi) is 5.89. The molecule has 1 aliphatic rings. The molecule has 0 radical (unpaired) electrons. The topological polar surface area (TPSA) is 45.6 Å². The molecule has 2 rings (SSSR count). The highest BCUT2D eigenvalue weighted by molar-refractivity contribution is 8.15. The Morgan fingerprint density at radius 3 is 3.05 bits per heavy atom. The molecule has 21 heavy (non-hydrogen) atoms. The third-order valence-electron chi connectivity index (χ3n) is 3.00. The smallest absolute Gasteiger partial charge is 0.224 e. The molecule has 0 N–H and O–H groups in total. The quantitative estimate of drug-likeness (QED) is 0.607. The first-order chi connectivity index (χ1) is 10.0. The summed E-state index contributed by atoms with van der Waals surface area (Å²) in [5.74, 6) is 0.381. The van der Waals surface area contributed by atoms with Crippen LogP contribution in [0.1, 0.15) is 12.0 Å². The van der Waals surface area contributed by atoms with E-state index in [9.17, 15) is 9.18 Å². The number of carbonyl (C=O) groups is 1. The van der Waals surface area contributed by atoms with Crippen LogP contribution in [0.3, 0.4) is 0 Å². The van der Waals surface area contributed by atoms with Gasteiger partial charge in [-0.15, -0.1) is 0 Å². The van der Waals surface area contributed by atoms with E-state index in [1.54, 1.807) is 23.7 Å². The fourth-order valence-corrected chi connectivity index (χ4v) is 3.80. The van der Waals surface area contributed by atoms with Crippen LogP contribution in [-0.4, -0.2) is 50.8 Å². The normalized spacial score (nSPS) is 21.2. The average molecular weight is 348 g/mol. The van der Waals surface area contributed by atoms with Gasteiger partial charge in [-0.25, -0.2) is 4.39 Å². The van der Waals surface area contributed by atoms with E-state index in [0.29, 0.717) is 17.0 Å². The molecule has 0 aliphatic carbocycles. The number of alkyl halides is 1. The number of rotatable bonds is 5. The molecule has 0 spiro atoms. The Morgan fingerprint density at radius 1 is 1.62 bits per heavy atom. The number of likely N-dealkylation sites (N-methyl/N-ethyl adjacent to an activating group) is 1. The minimum atomic E-state index is -0.590. The highest BCUT2D eigenvalue weighted by Gasteiger charge is 2.35. The molecular formula is C13H15ClFN3OS2. The minimum Gasteiger partial charge on any atom is -0.330 e. The van der Waals surface area contributed by atoms with Gasteiger partial charge in [-0.2, -0.15) is 11.8 Å². The summed E-state index contributed by atoms with van der Waals surface area (Å²) in [6.07, 6.45) is 5.21. The van der Waals surface area contributed by atoms with Gasteiger partial charge in [0.2, 0.25) is 5.91 Å². The van der Waals surface area contributed by atoms with Gasteiger partial charge in [0.05, 0.1) is 5.56 Å². The summed E-state index contributed by atoms with van der Waals surface area (Å²) in [5.41, 5.74) is -0.270. The predicted molar refractivity (Wildman–Crippen MR) is 87.5 cm³/mol. The molecule has 0 saturated carbocycles. The highest BCUT2D eigenvalue weighted by Crippen LogP contribution is 2.35. The minimum absolute atomic E-state index is 0.00982. The number of nitrogens with zero attached hydrogens (tertiary/aromatic N) is 3. The first kappa shape index (κ1) is 16.6. The van der Waals surface area contributed by atoms with Gasteiger partial charge in [-0.05, 0) is 12.3 Å². The van der Waals surface area contributed by atoms with Crippen molar-refractivity contribution in [2.75, 3.05) is 19.1 Å². The molecule has 0 fully saturated rings. The van der Waals surface area contributed by atoms with Crippen molar-refractivity contribution in [1.29, 1.82) is 0 Å². The molecular weight excluding hydrogens is 333 g/mol. The maximum absolute atomic E-state index is 13.8. The Hall–Kier alpha value is -0.790. The number of hydrogen-bond acceptors (Lipinski definition) is 5. The van der Waals surface area contributed by atoms with Crippen molar-refractivity contribution >= 4 is 46.1 Å². The lowest BCUT2D eigenvalue weighted by molar-refractivity contribution is -0.130. The zero-order valence-electron chi connectivity index (χ0n) is 11.6. The fraction of sp³-hybridized carbons (Fsp3) is 0.462. The van der Waals surface area contributed by atoms with Gasteiger partial charge in [0.15, 0.2) is 5.50 Å². The molecule has 114 valence electrons. The summed E-state index contributed by atoms with van der Waals surface area (Å²) in [6, 6.07) is 1.28. The Morgan fingerprint density at radius 2 is 2.38 bits per heavy atom. The van der Waals surface area contributed by atoms with Gasteiger partial charge in [0.1, 0.15) is 16.2 Å². The van der Waals surface area contributed by atoms with Crippen LogP contribution in [0, 0.1) is 5.82 Å². The van der Waals surface area contributed by atoms with Crippen LogP contribution >= 0.6 is 35.1 Å². The van der Waals surface area contributed by atoms with E-state index in [1.165, 1.54) is 30.2 Å². The van der Waals surface area contributed by atoms with Gasteiger partial charge in [-0.3, -0.25) is 14.8 Å². The second-order valence-electron chi connectivity index (χ2n) is 4.42. The van der Waals surface area contributed by atoms with Crippen molar-refractivity contribution in [3.8, 4) is 0 Å². The maximum Gasteiger partial charge on any atom is 0.224 e. The van der Waals surface area contributed by atoms with E-state index < -0.39 is 11.3 Å². The van der Waals surface area contributed by atoms with Gasteiger partial charge >= 0.3 is 0 Å². The van der Waals surface area contributed by atoms with E-state index >= 15 is 0 Å². The van der Waals surface area contributed by atoms with Crippen molar-refractivity contribution < 1.29 is 9.18 Å². The number of hydrogen-bond donors (Lipinski definition) is 0. The standard InChI is InChI=1S/C13H15ClFN3OS2/c1-18(10(19)4-6-20-2)13-11(14)17-12(21-13)8-7-16-5-3-9(8)15/h3,5,7,11,13H,4,6H2,1-2H3. The molecule has 0 aromatic carbocycles. The van der Waals surface area contributed by atoms with Crippen LogP contribution in [0.5, 0.6) is 0 Å². The SMILES string of the molecule is CSCCC(=O)N(C)C1SC(c2cnccc2F)=NC1Cl. The second kappa shape index (κ2) is 7.47. The monoisotopic (exact) mass is 347 g/mol.